The Balaban J connectivity index is 2.68. The van der Waals surface area contributed by atoms with Crippen LogP contribution in [0.4, 0.5) is 0 Å². The Hall–Kier alpha value is -0.710. The molecule has 1 aliphatic carbocycles. The van der Waals surface area contributed by atoms with Crippen molar-refractivity contribution >= 4 is 24.5 Å². The molecule has 0 aromatic heterocycles. The van der Waals surface area contributed by atoms with Crippen molar-refractivity contribution in [1.82, 2.24) is 5.32 Å². The molecular formula is C12H21NO3S. The van der Waals surface area contributed by atoms with Crippen molar-refractivity contribution in [2.75, 3.05) is 0 Å². The third kappa shape index (κ3) is 3.91. The van der Waals surface area contributed by atoms with E-state index in [9.17, 15) is 9.59 Å². The van der Waals surface area contributed by atoms with Crippen LogP contribution >= 0.6 is 12.6 Å². The number of rotatable bonds is 4. The predicted octanol–water partition coefficient (Wildman–Crippen LogP) is 1.91. The molecule has 0 aromatic carbocycles. The molecule has 1 rings (SSSR count). The van der Waals surface area contributed by atoms with E-state index < -0.39 is 17.8 Å². The normalized spacial score (nSPS) is 30.6. The number of thiol groups is 1. The molecule has 0 bridgehead atoms. The first-order valence-electron chi connectivity index (χ1n) is 6.17. The first-order valence-corrected chi connectivity index (χ1v) is 6.68. The van der Waals surface area contributed by atoms with Crippen molar-refractivity contribution < 1.29 is 14.7 Å². The van der Waals surface area contributed by atoms with Gasteiger partial charge in [-0.15, -0.1) is 0 Å². The quantitative estimate of drug-likeness (QED) is 0.533. The average molecular weight is 259 g/mol. The number of carbonyl (C=O) groups excluding carboxylic acids is 1. The van der Waals surface area contributed by atoms with Crippen LogP contribution in [0.25, 0.3) is 0 Å². The molecule has 1 fully saturated rings. The number of carboxylic acid groups (broad SMARTS) is 1. The Morgan fingerprint density at radius 2 is 2.06 bits per heavy atom. The van der Waals surface area contributed by atoms with Gasteiger partial charge in [-0.1, -0.05) is 13.8 Å². The summed E-state index contributed by atoms with van der Waals surface area (Å²) in [7, 11) is 0. The number of amides is 1. The molecule has 0 saturated heterocycles. The molecule has 1 amide bonds. The number of carboxylic acids is 1. The van der Waals surface area contributed by atoms with Gasteiger partial charge in [0.05, 0.1) is 17.2 Å². The van der Waals surface area contributed by atoms with Crippen molar-refractivity contribution in [1.29, 1.82) is 0 Å². The van der Waals surface area contributed by atoms with Gasteiger partial charge in [0.15, 0.2) is 0 Å². The van der Waals surface area contributed by atoms with Crippen LogP contribution in [-0.4, -0.2) is 22.4 Å². The van der Waals surface area contributed by atoms with E-state index in [0.29, 0.717) is 18.8 Å². The Kier molecular flexibility index (Phi) is 5.31. The zero-order chi connectivity index (χ0) is 13.0. The summed E-state index contributed by atoms with van der Waals surface area (Å²) in [6.45, 7) is 3.99. The van der Waals surface area contributed by atoms with E-state index in [1.54, 1.807) is 0 Å². The van der Waals surface area contributed by atoms with E-state index in [4.69, 9.17) is 5.11 Å². The second-order valence-electron chi connectivity index (χ2n) is 4.90. The molecule has 0 spiro atoms. The van der Waals surface area contributed by atoms with Crippen LogP contribution in [0.3, 0.4) is 0 Å². The lowest BCUT2D eigenvalue weighted by molar-refractivity contribution is -0.149. The van der Waals surface area contributed by atoms with Gasteiger partial charge in [-0.25, -0.2) is 0 Å². The zero-order valence-corrected chi connectivity index (χ0v) is 11.2. The Morgan fingerprint density at radius 1 is 1.41 bits per heavy atom. The summed E-state index contributed by atoms with van der Waals surface area (Å²) in [4.78, 5) is 23.1. The fourth-order valence-corrected chi connectivity index (χ4v) is 2.47. The SMILES string of the molecule is CCC(S)NC(=O)C1CC(C)CCC1C(=O)O. The van der Waals surface area contributed by atoms with E-state index in [2.05, 4.69) is 24.9 Å². The summed E-state index contributed by atoms with van der Waals surface area (Å²) in [5.74, 6) is -1.54. The smallest absolute Gasteiger partial charge is 0.307 e. The van der Waals surface area contributed by atoms with Crippen LogP contribution in [0, 0.1) is 17.8 Å². The van der Waals surface area contributed by atoms with E-state index >= 15 is 0 Å². The molecule has 5 heteroatoms. The second-order valence-corrected chi connectivity index (χ2v) is 5.53. The molecule has 17 heavy (non-hydrogen) atoms. The average Bonchev–Trinajstić information content (AvgIpc) is 2.28. The molecule has 0 radical (unpaired) electrons. The number of aliphatic carboxylic acids is 1. The molecule has 1 saturated carbocycles. The van der Waals surface area contributed by atoms with Gasteiger partial charge >= 0.3 is 5.97 Å². The van der Waals surface area contributed by atoms with Gasteiger partial charge in [0, 0.05) is 0 Å². The topological polar surface area (TPSA) is 66.4 Å². The predicted molar refractivity (Wildman–Crippen MR) is 68.8 cm³/mol. The van der Waals surface area contributed by atoms with Crippen LogP contribution in [0.15, 0.2) is 0 Å². The second kappa shape index (κ2) is 6.28. The highest BCUT2D eigenvalue weighted by Gasteiger charge is 2.38. The maximum atomic E-state index is 12.0. The summed E-state index contributed by atoms with van der Waals surface area (Å²) in [5.41, 5.74) is 0. The molecule has 0 aromatic rings. The maximum absolute atomic E-state index is 12.0. The zero-order valence-electron chi connectivity index (χ0n) is 10.3. The summed E-state index contributed by atoms with van der Waals surface area (Å²) in [6, 6.07) is 0. The van der Waals surface area contributed by atoms with Gasteiger partial charge in [0.25, 0.3) is 0 Å². The van der Waals surface area contributed by atoms with E-state index in [-0.39, 0.29) is 11.3 Å². The van der Waals surface area contributed by atoms with Crippen LogP contribution in [0.2, 0.25) is 0 Å². The van der Waals surface area contributed by atoms with E-state index in [1.807, 2.05) is 6.92 Å². The highest BCUT2D eigenvalue weighted by Crippen LogP contribution is 2.34. The fourth-order valence-electron chi connectivity index (χ4n) is 2.34. The van der Waals surface area contributed by atoms with Gasteiger partial charge in [0.1, 0.15) is 0 Å². The molecule has 0 heterocycles. The summed E-state index contributed by atoms with van der Waals surface area (Å²) < 4.78 is 0. The van der Waals surface area contributed by atoms with E-state index in [1.165, 1.54) is 0 Å². The summed E-state index contributed by atoms with van der Waals surface area (Å²) in [5, 5.41) is 11.7. The third-order valence-electron chi connectivity index (χ3n) is 3.46. The van der Waals surface area contributed by atoms with Crippen molar-refractivity contribution in [2.45, 2.75) is 44.9 Å². The Bertz CT molecular complexity index is 295. The number of hydrogen-bond donors (Lipinski definition) is 3. The molecule has 4 unspecified atom stereocenters. The maximum Gasteiger partial charge on any atom is 0.307 e. The van der Waals surface area contributed by atoms with Gasteiger partial charge < -0.3 is 10.4 Å². The Morgan fingerprint density at radius 3 is 2.59 bits per heavy atom. The number of carbonyl (C=O) groups is 2. The molecule has 1 aliphatic rings. The minimum Gasteiger partial charge on any atom is -0.481 e. The fraction of sp³-hybridized carbons (Fsp3) is 0.833. The molecule has 98 valence electrons. The van der Waals surface area contributed by atoms with Gasteiger partial charge in [0.2, 0.25) is 5.91 Å². The minimum atomic E-state index is -0.857. The van der Waals surface area contributed by atoms with Gasteiger partial charge in [-0.3, -0.25) is 9.59 Å². The van der Waals surface area contributed by atoms with Crippen LogP contribution in [0.5, 0.6) is 0 Å². The first kappa shape index (κ1) is 14.4. The molecule has 4 atom stereocenters. The number of hydrogen-bond acceptors (Lipinski definition) is 3. The summed E-state index contributed by atoms with van der Waals surface area (Å²) >= 11 is 4.21. The van der Waals surface area contributed by atoms with Crippen molar-refractivity contribution in [3.05, 3.63) is 0 Å². The van der Waals surface area contributed by atoms with Crippen LogP contribution in [-0.2, 0) is 9.59 Å². The minimum absolute atomic E-state index is 0.161. The summed E-state index contributed by atoms with van der Waals surface area (Å²) in [6.07, 6.45) is 2.87. The lowest BCUT2D eigenvalue weighted by Gasteiger charge is -2.32. The Labute approximate surface area is 108 Å². The molecule has 2 N–H and O–H groups in total. The first-order chi connectivity index (χ1) is 7.95. The molecule has 0 aliphatic heterocycles. The lowest BCUT2D eigenvalue weighted by Crippen LogP contribution is -2.43. The van der Waals surface area contributed by atoms with Crippen molar-refractivity contribution in [2.24, 2.45) is 17.8 Å². The van der Waals surface area contributed by atoms with E-state index in [0.717, 1.165) is 12.8 Å². The van der Waals surface area contributed by atoms with Gasteiger partial charge in [-0.05, 0) is 31.6 Å². The van der Waals surface area contributed by atoms with Gasteiger partial charge in [-0.2, -0.15) is 12.6 Å². The molecule has 4 nitrogen and oxygen atoms in total. The van der Waals surface area contributed by atoms with Crippen molar-refractivity contribution in [3.63, 3.8) is 0 Å². The standard InChI is InChI=1S/C12H21NO3S/c1-3-10(17)13-11(14)9-6-7(2)4-5-8(9)12(15)16/h7-10,17H,3-6H2,1-2H3,(H,13,14)(H,15,16). The van der Waals surface area contributed by atoms with Crippen LogP contribution in [0.1, 0.15) is 39.5 Å². The highest BCUT2D eigenvalue weighted by molar-refractivity contribution is 7.80. The monoisotopic (exact) mass is 259 g/mol. The van der Waals surface area contributed by atoms with Crippen molar-refractivity contribution in [3.8, 4) is 0 Å². The third-order valence-corrected chi connectivity index (χ3v) is 3.96. The number of nitrogens with one attached hydrogen (secondary N) is 1. The highest BCUT2D eigenvalue weighted by atomic mass is 32.1. The van der Waals surface area contributed by atoms with Crippen LogP contribution < -0.4 is 5.32 Å². The largest absolute Gasteiger partial charge is 0.481 e. The lowest BCUT2D eigenvalue weighted by atomic mass is 9.74. The molecular weight excluding hydrogens is 238 g/mol.